The normalized spacial score (nSPS) is 29.2. The van der Waals surface area contributed by atoms with Gasteiger partial charge in [-0.15, -0.1) is 0 Å². The van der Waals surface area contributed by atoms with Gasteiger partial charge in [0.15, 0.2) is 0 Å². The Morgan fingerprint density at radius 2 is 1.62 bits per heavy atom. The number of carbonyl (C=O) groups is 6. The summed E-state index contributed by atoms with van der Waals surface area (Å²) in [5.41, 5.74) is 0.789. The molecule has 2 aliphatic carbocycles. The molecule has 14 nitrogen and oxygen atoms in total. The van der Waals surface area contributed by atoms with Crippen molar-refractivity contribution in [2.24, 2.45) is 11.8 Å². The summed E-state index contributed by atoms with van der Waals surface area (Å²) in [6, 6.07) is 4.36. The van der Waals surface area contributed by atoms with E-state index in [9.17, 15) is 33.9 Å². The minimum absolute atomic E-state index is 0.00908. The van der Waals surface area contributed by atoms with Gasteiger partial charge in [0, 0.05) is 26.6 Å². The molecule has 5 aliphatic rings. The summed E-state index contributed by atoms with van der Waals surface area (Å²) < 4.78 is 5.91. The number of carboxylic acid groups (broad SMARTS) is 1. The third-order valence-electron chi connectivity index (χ3n) is 11.9. The quantitative estimate of drug-likeness (QED) is 0.296. The van der Waals surface area contributed by atoms with E-state index in [1.165, 1.54) is 10.5 Å². The summed E-state index contributed by atoms with van der Waals surface area (Å²) in [6.07, 6.45) is 9.35. The zero-order valence-electron chi connectivity index (χ0n) is 30.2. The Morgan fingerprint density at radius 3 is 2.35 bits per heavy atom. The van der Waals surface area contributed by atoms with Gasteiger partial charge >= 0.3 is 18.1 Å². The molecule has 1 aromatic rings. The molecule has 52 heavy (non-hydrogen) atoms. The maximum atomic E-state index is 14.1. The van der Waals surface area contributed by atoms with E-state index in [1.54, 1.807) is 11.9 Å². The van der Waals surface area contributed by atoms with Gasteiger partial charge in [0.1, 0.15) is 29.8 Å². The van der Waals surface area contributed by atoms with E-state index >= 15 is 0 Å². The third-order valence-corrected chi connectivity index (χ3v) is 11.9. The topological polar surface area (TPSA) is 186 Å². The largest absolute Gasteiger partial charge is 0.479 e. The first-order chi connectivity index (χ1) is 25.1. The molecule has 2 saturated carbocycles. The standard InChI is InChI=1S/C38H54N6O8/c1-39-34(47)31(25-13-6-5-7-14-25)41-32(45)29-17-9-4-2-3-8-16-27-21-38(27,35(48)49)42-36(50)44-23-28(20-30(44)33(46)40-29)52-37(51)43-19-18-24-12-10-11-15-26(24)22-43/h10-12,15,25,27-31H,2-9,13-14,16-23H2,1H3,(H,39,47)(H,40,46)(H,41,45)(H,42,50)(H,48,49)/t27?,28-,29-,30+,31-,38?/m0/s1. The Morgan fingerprint density at radius 1 is 0.942 bits per heavy atom. The smallest absolute Gasteiger partial charge is 0.410 e. The fraction of sp³-hybridized carbons (Fsp3) is 0.684. The molecule has 4 fully saturated rings. The van der Waals surface area contributed by atoms with Crippen LogP contribution in [0.4, 0.5) is 9.59 Å². The lowest BCUT2D eigenvalue weighted by Gasteiger charge is -2.32. The molecule has 2 saturated heterocycles. The van der Waals surface area contributed by atoms with E-state index in [4.69, 9.17) is 4.74 Å². The number of urea groups is 1. The monoisotopic (exact) mass is 722 g/mol. The van der Waals surface area contributed by atoms with Crippen LogP contribution in [0, 0.1) is 11.8 Å². The Labute approximate surface area is 305 Å². The Kier molecular flexibility index (Phi) is 11.9. The van der Waals surface area contributed by atoms with Crippen molar-refractivity contribution in [1.29, 1.82) is 0 Å². The number of nitrogens with one attached hydrogen (secondary N) is 4. The summed E-state index contributed by atoms with van der Waals surface area (Å²) in [4.78, 5) is 83.6. The number of fused-ring (bicyclic) bond motifs is 3. The highest BCUT2D eigenvalue weighted by atomic mass is 16.6. The van der Waals surface area contributed by atoms with Crippen molar-refractivity contribution in [3.05, 3.63) is 35.4 Å². The second-order valence-corrected chi connectivity index (χ2v) is 15.4. The summed E-state index contributed by atoms with van der Waals surface area (Å²) in [5.74, 6) is -2.66. The molecule has 284 valence electrons. The molecule has 0 bridgehead atoms. The zero-order chi connectivity index (χ0) is 36.8. The first kappa shape index (κ1) is 37.4. The summed E-state index contributed by atoms with van der Waals surface area (Å²) in [5, 5.41) is 21.4. The van der Waals surface area contributed by atoms with E-state index in [0.29, 0.717) is 45.2 Å². The van der Waals surface area contributed by atoms with Gasteiger partial charge < -0.3 is 40.9 Å². The molecule has 3 heterocycles. The number of rotatable bonds is 6. The van der Waals surface area contributed by atoms with Crippen molar-refractivity contribution in [2.75, 3.05) is 20.1 Å². The molecule has 0 aromatic heterocycles. The first-order valence-corrected chi connectivity index (χ1v) is 19.3. The van der Waals surface area contributed by atoms with Crippen LogP contribution < -0.4 is 21.3 Å². The number of ether oxygens (including phenoxy) is 1. The second-order valence-electron chi connectivity index (χ2n) is 15.4. The lowest BCUT2D eigenvalue weighted by molar-refractivity contribution is -0.141. The molecular formula is C38H54N6O8. The van der Waals surface area contributed by atoms with Crippen molar-refractivity contribution in [3.8, 4) is 0 Å². The predicted molar refractivity (Wildman–Crippen MR) is 190 cm³/mol. The van der Waals surface area contributed by atoms with Crippen LogP contribution in [-0.2, 0) is 36.9 Å². The summed E-state index contributed by atoms with van der Waals surface area (Å²) in [7, 11) is 1.55. The lowest BCUT2D eigenvalue weighted by atomic mass is 9.83. The van der Waals surface area contributed by atoms with Gasteiger partial charge in [-0.2, -0.15) is 0 Å². The molecule has 5 N–H and O–H groups in total. The zero-order valence-corrected chi connectivity index (χ0v) is 30.2. The van der Waals surface area contributed by atoms with E-state index in [1.807, 2.05) is 24.3 Å². The average Bonchev–Trinajstić information content (AvgIpc) is 3.69. The van der Waals surface area contributed by atoms with Gasteiger partial charge in [0.2, 0.25) is 17.7 Å². The van der Waals surface area contributed by atoms with E-state index in [-0.39, 0.29) is 30.7 Å². The lowest BCUT2D eigenvalue weighted by Crippen LogP contribution is -2.59. The SMILES string of the molecule is CNC(=O)[C@@H](NC(=O)[C@@H]1CCCCCCCC2CC2(C(=O)O)NC(=O)N2C[C@@H](OC(=O)N3CCc4ccccc4C3)C[C@@H]2C(=O)N1)C1CCCCC1. The van der Waals surface area contributed by atoms with Crippen molar-refractivity contribution >= 4 is 35.8 Å². The molecule has 3 aliphatic heterocycles. The predicted octanol–water partition coefficient (Wildman–Crippen LogP) is 3.22. The van der Waals surface area contributed by atoms with Gasteiger partial charge in [0.25, 0.3) is 0 Å². The number of hydrogen-bond donors (Lipinski definition) is 5. The number of nitrogens with zero attached hydrogens (tertiary/aromatic N) is 2. The Hall–Kier alpha value is -4.36. The summed E-state index contributed by atoms with van der Waals surface area (Å²) in [6.45, 7) is 0.735. The molecule has 0 spiro atoms. The van der Waals surface area contributed by atoms with E-state index < -0.39 is 59.7 Å². The van der Waals surface area contributed by atoms with E-state index in [2.05, 4.69) is 21.3 Å². The number of amides is 6. The van der Waals surface area contributed by atoms with Crippen molar-refractivity contribution in [2.45, 2.75) is 133 Å². The van der Waals surface area contributed by atoms with Crippen LogP contribution >= 0.6 is 0 Å². The van der Waals surface area contributed by atoms with Crippen LogP contribution in [-0.4, -0.2) is 101 Å². The number of aliphatic carboxylic acids is 1. The third kappa shape index (κ3) is 8.47. The maximum Gasteiger partial charge on any atom is 0.410 e. The number of hydrogen-bond acceptors (Lipinski definition) is 7. The van der Waals surface area contributed by atoms with Crippen LogP contribution in [0.15, 0.2) is 24.3 Å². The van der Waals surface area contributed by atoms with Crippen LogP contribution in [0.2, 0.25) is 0 Å². The summed E-state index contributed by atoms with van der Waals surface area (Å²) >= 11 is 0. The number of carbonyl (C=O) groups excluding carboxylic acids is 5. The first-order valence-electron chi connectivity index (χ1n) is 19.3. The van der Waals surface area contributed by atoms with Crippen molar-refractivity contribution in [1.82, 2.24) is 31.1 Å². The highest BCUT2D eigenvalue weighted by Crippen LogP contribution is 2.47. The van der Waals surface area contributed by atoms with Gasteiger partial charge in [-0.3, -0.25) is 14.4 Å². The molecule has 6 rings (SSSR count). The fourth-order valence-electron chi connectivity index (χ4n) is 8.71. The molecule has 2 unspecified atom stereocenters. The van der Waals surface area contributed by atoms with Crippen LogP contribution in [0.5, 0.6) is 0 Å². The number of likely N-dealkylation sites (N-methyl/N-ethyl adjacent to an activating group) is 1. The van der Waals surface area contributed by atoms with Gasteiger partial charge in [-0.05, 0) is 61.5 Å². The molecule has 1 aromatic carbocycles. The average molecular weight is 723 g/mol. The Bertz CT molecular complexity index is 1520. The second kappa shape index (κ2) is 16.5. The maximum absolute atomic E-state index is 14.1. The van der Waals surface area contributed by atoms with Crippen LogP contribution in [0.1, 0.15) is 101 Å². The fourth-order valence-corrected chi connectivity index (χ4v) is 8.71. The number of carboxylic acids is 1. The highest BCUT2D eigenvalue weighted by Gasteiger charge is 2.62. The highest BCUT2D eigenvalue weighted by molar-refractivity contribution is 5.95. The Balaban J connectivity index is 1.20. The van der Waals surface area contributed by atoms with Crippen LogP contribution in [0.3, 0.4) is 0 Å². The van der Waals surface area contributed by atoms with E-state index in [0.717, 1.165) is 63.4 Å². The molecule has 0 radical (unpaired) electrons. The molecule has 6 amide bonds. The molecule has 6 atom stereocenters. The van der Waals surface area contributed by atoms with Crippen molar-refractivity contribution in [3.63, 3.8) is 0 Å². The minimum atomic E-state index is -1.42. The molecule has 14 heteroatoms. The van der Waals surface area contributed by atoms with Gasteiger partial charge in [-0.1, -0.05) is 75.6 Å². The minimum Gasteiger partial charge on any atom is -0.479 e. The van der Waals surface area contributed by atoms with Gasteiger partial charge in [-0.25, -0.2) is 14.4 Å². The number of benzene rings is 1. The van der Waals surface area contributed by atoms with Crippen LogP contribution in [0.25, 0.3) is 0 Å². The van der Waals surface area contributed by atoms with Gasteiger partial charge in [0.05, 0.1) is 6.54 Å². The molecular weight excluding hydrogens is 668 g/mol. The van der Waals surface area contributed by atoms with Crippen molar-refractivity contribution < 1.29 is 38.6 Å².